The molecular formula is C20H24FN5O. The lowest BCUT2D eigenvalue weighted by Gasteiger charge is -2.34. The molecule has 3 heterocycles. The molecule has 0 aliphatic carbocycles. The van der Waals surface area contributed by atoms with Crippen LogP contribution in [0.4, 0.5) is 20.7 Å². The normalized spacial score (nSPS) is 16.8. The fourth-order valence-electron chi connectivity index (χ4n) is 3.81. The predicted octanol–water partition coefficient (Wildman–Crippen LogP) is 3.50. The number of nitrogens with zero attached hydrogens (tertiary/aromatic N) is 4. The van der Waals surface area contributed by atoms with Crippen LogP contribution in [-0.2, 0) is 13.0 Å². The van der Waals surface area contributed by atoms with Crippen LogP contribution < -0.4 is 10.2 Å². The maximum absolute atomic E-state index is 13.8. The van der Waals surface area contributed by atoms with E-state index in [1.165, 1.54) is 12.5 Å². The minimum Gasteiger partial charge on any atom is -0.356 e. The Morgan fingerprint density at radius 3 is 2.67 bits per heavy atom. The van der Waals surface area contributed by atoms with Crippen molar-refractivity contribution in [3.63, 3.8) is 0 Å². The summed E-state index contributed by atoms with van der Waals surface area (Å²) in [4.78, 5) is 26.0. The van der Waals surface area contributed by atoms with E-state index < -0.39 is 5.82 Å². The fourth-order valence-corrected chi connectivity index (χ4v) is 3.81. The van der Waals surface area contributed by atoms with Gasteiger partial charge in [0.2, 0.25) is 0 Å². The quantitative estimate of drug-likeness (QED) is 0.880. The number of carbonyl (C=O) groups excluding carboxylic acids is 1. The van der Waals surface area contributed by atoms with Crippen molar-refractivity contribution in [3.05, 3.63) is 47.2 Å². The van der Waals surface area contributed by atoms with Gasteiger partial charge in [-0.25, -0.2) is 19.2 Å². The van der Waals surface area contributed by atoms with E-state index in [4.69, 9.17) is 4.98 Å². The van der Waals surface area contributed by atoms with Crippen LogP contribution in [0.5, 0.6) is 0 Å². The Labute approximate surface area is 158 Å². The van der Waals surface area contributed by atoms with E-state index in [1.807, 2.05) is 6.92 Å². The molecule has 0 bridgehead atoms. The molecule has 7 heteroatoms. The van der Waals surface area contributed by atoms with Gasteiger partial charge in [0.15, 0.2) is 0 Å². The van der Waals surface area contributed by atoms with Gasteiger partial charge in [0.1, 0.15) is 17.5 Å². The summed E-state index contributed by atoms with van der Waals surface area (Å²) in [6, 6.07) is 5.92. The van der Waals surface area contributed by atoms with E-state index in [-0.39, 0.29) is 11.7 Å². The van der Waals surface area contributed by atoms with Gasteiger partial charge in [-0.1, -0.05) is 12.1 Å². The number of hydrogen-bond donors (Lipinski definition) is 1. The van der Waals surface area contributed by atoms with E-state index in [2.05, 4.69) is 15.2 Å². The summed E-state index contributed by atoms with van der Waals surface area (Å²) in [6.45, 7) is 4.91. The summed E-state index contributed by atoms with van der Waals surface area (Å²) in [5.74, 6) is 1.30. The molecule has 0 unspecified atom stereocenters. The molecule has 1 aromatic heterocycles. The summed E-state index contributed by atoms with van der Waals surface area (Å²) >= 11 is 0. The lowest BCUT2D eigenvalue weighted by Crippen LogP contribution is -2.41. The van der Waals surface area contributed by atoms with Crippen molar-refractivity contribution in [2.75, 3.05) is 29.9 Å². The van der Waals surface area contributed by atoms with Gasteiger partial charge in [-0.3, -0.25) is 0 Å². The predicted molar refractivity (Wildman–Crippen MR) is 102 cm³/mol. The Hall–Kier alpha value is -2.70. The van der Waals surface area contributed by atoms with Crippen LogP contribution in [0, 0.1) is 12.7 Å². The monoisotopic (exact) mass is 369 g/mol. The van der Waals surface area contributed by atoms with E-state index in [0.717, 1.165) is 48.8 Å². The number of amides is 2. The number of aryl methyl sites for hydroxylation is 1. The topological polar surface area (TPSA) is 61.4 Å². The Morgan fingerprint density at radius 1 is 1.11 bits per heavy atom. The second-order valence-corrected chi connectivity index (χ2v) is 7.15. The standard InChI is InChI=1S/C20H24FN5O/c1-14-22-17-9-12-26(20(27)24-18-8-4-3-7-16(18)21)13-15(17)19(23-14)25-10-5-2-6-11-25/h3-4,7-8H,2,5-6,9-13H2,1H3,(H,24,27). The van der Waals surface area contributed by atoms with Gasteiger partial charge >= 0.3 is 6.03 Å². The molecule has 1 N–H and O–H groups in total. The molecule has 1 fully saturated rings. The number of hydrogen-bond acceptors (Lipinski definition) is 4. The SMILES string of the molecule is Cc1nc2c(c(N3CCCCC3)n1)CN(C(=O)Nc1ccccc1F)CC2. The highest BCUT2D eigenvalue weighted by molar-refractivity contribution is 5.89. The third-order valence-corrected chi connectivity index (χ3v) is 5.21. The number of nitrogens with one attached hydrogen (secondary N) is 1. The molecule has 2 aliphatic heterocycles. The maximum Gasteiger partial charge on any atom is 0.322 e. The maximum atomic E-state index is 13.8. The molecule has 1 saturated heterocycles. The third kappa shape index (κ3) is 3.72. The van der Waals surface area contributed by atoms with Crippen LogP contribution >= 0.6 is 0 Å². The molecule has 0 radical (unpaired) electrons. The number of fused-ring (bicyclic) bond motifs is 1. The zero-order chi connectivity index (χ0) is 18.8. The number of urea groups is 1. The van der Waals surface area contributed by atoms with Gasteiger partial charge in [0.25, 0.3) is 0 Å². The molecule has 0 spiro atoms. The first-order valence-electron chi connectivity index (χ1n) is 9.53. The summed E-state index contributed by atoms with van der Waals surface area (Å²) in [5, 5.41) is 2.68. The average Bonchev–Trinajstić information content (AvgIpc) is 2.69. The van der Waals surface area contributed by atoms with Crippen LogP contribution in [0.1, 0.15) is 36.3 Å². The highest BCUT2D eigenvalue weighted by Gasteiger charge is 2.28. The summed E-state index contributed by atoms with van der Waals surface area (Å²) in [6.07, 6.45) is 4.26. The molecular weight excluding hydrogens is 345 g/mol. The van der Waals surface area contributed by atoms with Crippen molar-refractivity contribution in [1.82, 2.24) is 14.9 Å². The van der Waals surface area contributed by atoms with Crippen molar-refractivity contribution in [2.24, 2.45) is 0 Å². The average molecular weight is 369 g/mol. The number of benzene rings is 1. The highest BCUT2D eigenvalue weighted by atomic mass is 19.1. The molecule has 2 aromatic rings. The van der Waals surface area contributed by atoms with Gasteiger partial charge in [-0.15, -0.1) is 0 Å². The first-order valence-corrected chi connectivity index (χ1v) is 9.53. The second kappa shape index (κ2) is 7.50. The van der Waals surface area contributed by atoms with Crippen molar-refractivity contribution in [2.45, 2.75) is 39.2 Å². The Kier molecular flexibility index (Phi) is 4.92. The van der Waals surface area contributed by atoms with E-state index >= 15 is 0 Å². The smallest absolute Gasteiger partial charge is 0.322 e. The van der Waals surface area contributed by atoms with Crippen molar-refractivity contribution < 1.29 is 9.18 Å². The second-order valence-electron chi connectivity index (χ2n) is 7.15. The van der Waals surface area contributed by atoms with Gasteiger partial charge in [0.05, 0.1) is 17.9 Å². The molecule has 6 nitrogen and oxygen atoms in total. The van der Waals surface area contributed by atoms with Crippen LogP contribution in [0.3, 0.4) is 0 Å². The molecule has 1 aromatic carbocycles. The number of piperidine rings is 1. The molecule has 27 heavy (non-hydrogen) atoms. The highest BCUT2D eigenvalue weighted by Crippen LogP contribution is 2.29. The zero-order valence-electron chi connectivity index (χ0n) is 15.5. The van der Waals surface area contributed by atoms with Crippen LogP contribution in [0.25, 0.3) is 0 Å². The number of rotatable bonds is 2. The van der Waals surface area contributed by atoms with Gasteiger partial charge in [-0.05, 0) is 38.3 Å². The van der Waals surface area contributed by atoms with E-state index in [9.17, 15) is 9.18 Å². The molecule has 142 valence electrons. The number of anilines is 2. The van der Waals surface area contributed by atoms with Crippen molar-refractivity contribution in [1.29, 1.82) is 0 Å². The van der Waals surface area contributed by atoms with E-state index in [0.29, 0.717) is 19.5 Å². The largest absolute Gasteiger partial charge is 0.356 e. The molecule has 0 atom stereocenters. The van der Waals surface area contributed by atoms with Crippen LogP contribution in [-0.4, -0.2) is 40.5 Å². The lowest BCUT2D eigenvalue weighted by atomic mass is 10.0. The minimum absolute atomic E-state index is 0.199. The Morgan fingerprint density at radius 2 is 1.89 bits per heavy atom. The fraction of sp³-hybridized carbons (Fsp3) is 0.450. The summed E-state index contributed by atoms with van der Waals surface area (Å²) < 4.78 is 13.8. The first kappa shape index (κ1) is 17.7. The van der Waals surface area contributed by atoms with Crippen molar-refractivity contribution >= 4 is 17.5 Å². The summed E-state index contributed by atoms with van der Waals surface area (Å²) in [7, 11) is 0. The molecule has 0 saturated carbocycles. The van der Waals surface area contributed by atoms with E-state index in [1.54, 1.807) is 23.1 Å². The molecule has 4 rings (SSSR count). The first-order chi connectivity index (χ1) is 13.1. The van der Waals surface area contributed by atoms with Crippen molar-refractivity contribution in [3.8, 4) is 0 Å². The summed E-state index contributed by atoms with van der Waals surface area (Å²) in [5.41, 5.74) is 2.25. The molecule has 2 aliphatic rings. The van der Waals surface area contributed by atoms with Gasteiger partial charge < -0.3 is 15.1 Å². The van der Waals surface area contributed by atoms with Crippen LogP contribution in [0.15, 0.2) is 24.3 Å². The minimum atomic E-state index is -0.434. The third-order valence-electron chi connectivity index (χ3n) is 5.21. The number of halogens is 1. The number of para-hydroxylation sites is 1. The van der Waals surface area contributed by atoms with Gasteiger partial charge in [-0.2, -0.15) is 0 Å². The van der Waals surface area contributed by atoms with Crippen LogP contribution in [0.2, 0.25) is 0 Å². The Bertz CT molecular complexity index is 850. The molecule has 2 amide bonds. The Balaban J connectivity index is 1.56. The van der Waals surface area contributed by atoms with Gasteiger partial charge in [0, 0.05) is 31.6 Å². The number of carbonyl (C=O) groups is 1. The number of aromatic nitrogens is 2. The zero-order valence-corrected chi connectivity index (χ0v) is 15.5. The lowest BCUT2D eigenvalue weighted by molar-refractivity contribution is 0.205.